The highest BCUT2D eigenvalue weighted by Gasteiger charge is 2.13. The number of nitrogens with one attached hydrogen (secondary N) is 2. The van der Waals surface area contributed by atoms with E-state index < -0.39 is 17.5 Å². The zero-order chi connectivity index (χ0) is 13.8. The van der Waals surface area contributed by atoms with Crippen molar-refractivity contribution < 1.29 is 14.3 Å². The fraction of sp³-hybridized carbons (Fsp3) is 0.231. The zero-order valence-electron chi connectivity index (χ0n) is 10.3. The summed E-state index contributed by atoms with van der Waals surface area (Å²) in [4.78, 5) is 26.2. The maximum absolute atomic E-state index is 11.8. The molecule has 2 heterocycles. The van der Waals surface area contributed by atoms with Crippen molar-refractivity contribution in [1.29, 1.82) is 0 Å². The molecule has 1 atom stereocenters. The van der Waals surface area contributed by atoms with E-state index in [9.17, 15) is 9.59 Å². The van der Waals surface area contributed by atoms with E-state index in [-0.39, 0.29) is 12.2 Å². The summed E-state index contributed by atoms with van der Waals surface area (Å²) in [5.41, 5.74) is -0.00565. The van der Waals surface area contributed by atoms with Crippen molar-refractivity contribution in [3.05, 3.63) is 46.4 Å². The Balaban J connectivity index is 2.25. The number of carbonyl (C=O) groups is 1. The number of hydrogen-bond acceptors (Lipinski definition) is 4. The maximum Gasteiger partial charge on any atom is 0.261 e. The normalized spacial score (nSPS) is 12.1. The van der Waals surface area contributed by atoms with E-state index in [4.69, 9.17) is 9.52 Å². The first-order valence-electron chi connectivity index (χ1n) is 5.80. The van der Waals surface area contributed by atoms with E-state index in [0.717, 1.165) is 0 Å². The standard InChI is InChI=1S/C13H14N2O4/c1-8(7-16)14-12(17)9-4-5-10(15-13(9)18)11-3-2-6-19-11/h2-6,8,16H,7H2,1H3,(H,14,17)(H,15,18). The van der Waals surface area contributed by atoms with Crippen LogP contribution in [0.25, 0.3) is 11.5 Å². The van der Waals surface area contributed by atoms with Crippen LogP contribution in [0.5, 0.6) is 0 Å². The van der Waals surface area contributed by atoms with Crippen LogP contribution < -0.4 is 10.9 Å². The van der Waals surface area contributed by atoms with E-state index in [0.29, 0.717) is 11.5 Å². The van der Waals surface area contributed by atoms with Gasteiger partial charge >= 0.3 is 0 Å². The number of hydrogen-bond donors (Lipinski definition) is 3. The molecule has 2 aromatic rings. The molecule has 0 saturated carbocycles. The third kappa shape index (κ3) is 2.92. The lowest BCUT2D eigenvalue weighted by atomic mass is 10.2. The molecule has 0 fully saturated rings. The minimum absolute atomic E-state index is 0.00407. The van der Waals surface area contributed by atoms with Gasteiger partial charge in [0.05, 0.1) is 18.6 Å². The van der Waals surface area contributed by atoms with Gasteiger partial charge in [0.2, 0.25) is 0 Å². The predicted molar refractivity (Wildman–Crippen MR) is 68.8 cm³/mol. The Kier molecular flexibility index (Phi) is 3.82. The summed E-state index contributed by atoms with van der Waals surface area (Å²) in [6, 6.07) is 6.03. The summed E-state index contributed by atoms with van der Waals surface area (Å²) in [7, 11) is 0. The Morgan fingerprint density at radius 1 is 1.47 bits per heavy atom. The maximum atomic E-state index is 11.8. The van der Waals surface area contributed by atoms with E-state index in [1.165, 1.54) is 12.3 Å². The second-order valence-corrected chi connectivity index (χ2v) is 4.15. The summed E-state index contributed by atoms with van der Waals surface area (Å²) >= 11 is 0. The molecule has 6 nitrogen and oxygen atoms in total. The highest BCUT2D eigenvalue weighted by atomic mass is 16.3. The molecule has 2 rings (SSSR count). The molecule has 2 aromatic heterocycles. The van der Waals surface area contributed by atoms with Gasteiger partial charge in [-0.05, 0) is 31.2 Å². The smallest absolute Gasteiger partial charge is 0.261 e. The Labute approximate surface area is 109 Å². The third-order valence-electron chi connectivity index (χ3n) is 2.59. The molecule has 1 amide bonds. The lowest BCUT2D eigenvalue weighted by Crippen LogP contribution is -2.37. The van der Waals surface area contributed by atoms with Crippen LogP contribution in [-0.4, -0.2) is 28.6 Å². The number of aliphatic hydroxyl groups excluding tert-OH is 1. The van der Waals surface area contributed by atoms with E-state index in [2.05, 4.69) is 10.3 Å². The minimum Gasteiger partial charge on any atom is -0.463 e. The fourth-order valence-corrected chi connectivity index (χ4v) is 1.58. The lowest BCUT2D eigenvalue weighted by Gasteiger charge is -2.10. The average Bonchev–Trinajstić information content (AvgIpc) is 2.92. The zero-order valence-corrected chi connectivity index (χ0v) is 10.3. The van der Waals surface area contributed by atoms with Gasteiger partial charge in [0, 0.05) is 6.04 Å². The first kappa shape index (κ1) is 13.1. The predicted octanol–water partition coefficient (Wildman–Crippen LogP) is 0.746. The molecule has 0 saturated heterocycles. The molecule has 100 valence electrons. The first-order valence-corrected chi connectivity index (χ1v) is 5.80. The molecule has 0 aliphatic carbocycles. The molecule has 0 aromatic carbocycles. The number of carbonyl (C=O) groups excluding carboxylic acids is 1. The first-order chi connectivity index (χ1) is 9.11. The summed E-state index contributed by atoms with van der Waals surface area (Å²) in [6.07, 6.45) is 1.50. The van der Waals surface area contributed by atoms with Gasteiger partial charge < -0.3 is 19.8 Å². The van der Waals surface area contributed by atoms with Crippen LogP contribution in [0.3, 0.4) is 0 Å². The minimum atomic E-state index is -0.520. The van der Waals surface area contributed by atoms with Gasteiger partial charge in [-0.25, -0.2) is 0 Å². The second-order valence-electron chi connectivity index (χ2n) is 4.15. The van der Waals surface area contributed by atoms with Gasteiger partial charge in [0.1, 0.15) is 11.3 Å². The van der Waals surface area contributed by atoms with Gasteiger partial charge in [-0.1, -0.05) is 0 Å². The van der Waals surface area contributed by atoms with Crippen molar-refractivity contribution in [3.8, 4) is 11.5 Å². The van der Waals surface area contributed by atoms with Crippen LogP contribution >= 0.6 is 0 Å². The molecule has 0 bridgehead atoms. The molecule has 1 unspecified atom stereocenters. The van der Waals surface area contributed by atoms with Crippen molar-refractivity contribution in [1.82, 2.24) is 10.3 Å². The van der Waals surface area contributed by atoms with Gasteiger partial charge in [0.25, 0.3) is 11.5 Å². The number of furan rings is 1. The van der Waals surface area contributed by atoms with E-state index in [1.54, 1.807) is 25.1 Å². The van der Waals surface area contributed by atoms with Crippen LogP contribution in [0, 0.1) is 0 Å². The largest absolute Gasteiger partial charge is 0.463 e. The van der Waals surface area contributed by atoms with Gasteiger partial charge in [-0.2, -0.15) is 0 Å². The quantitative estimate of drug-likeness (QED) is 0.757. The van der Waals surface area contributed by atoms with Crippen LogP contribution in [0.1, 0.15) is 17.3 Å². The highest BCUT2D eigenvalue weighted by Crippen LogP contribution is 2.15. The molecule has 0 aliphatic rings. The lowest BCUT2D eigenvalue weighted by molar-refractivity contribution is 0.0921. The van der Waals surface area contributed by atoms with Crippen molar-refractivity contribution in [2.45, 2.75) is 13.0 Å². The fourth-order valence-electron chi connectivity index (χ4n) is 1.58. The molecule has 0 spiro atoms. The molecule has 0 aliphatic heterocycles. The monoisotopic (exact) mass is 262 g/mol. The summed E-state index contributed by atoms with van der Waals surface area (Å²) in [5, 5.41) is 11.4. The van der Waals surface area contributed by atoms with E-state index >= 15 is 0 Å². The Morgan fingerprint density at radius 2 is 2.26 bits per heavy atom. The molecule has 6 heteroatoms. The topological polar surface area (TPSA) is 95.3 Å². The van der Waals surface area contributed by atoms with Gasteiger partial charge in [-0.3, -0.25) is 9.59 Å². The number of pyridine rings is 1. The summed E-state index contributed by atoms with van der Waals surface area (Å²) in [6.45, 7) is 1.46. The molecule has 19 heavy (non-hydrogen) atoms. The van der Waals surface area contributed by atoms with Gasteiger partial charge in [-0.15, -0.1) is 0 Å². The molecule has 0 radical (unpaired) electrons. The van der Waals surface area contributed by atoms with Crippen LogP contribution in [-0.2, 0) is 0 Å². The number of rotatable bonds is 4. The third-order valence-corrected chi connectivity index (χ3v) is 2.59. The second kappa shape index (κ2) is 5.53. The number of aliphatic hydroxyl groups is 1. The van der Waals surface area contributed by atoms with E-state index in [1.807, 2.05) is 0 Å². The molecule has 3 N–H and O–H groups in total. The SMILES string of the molecule is CC(CO)NC(=O)c1ccc(-c2ccco2)[nH]c1=O. The number of H-pyrrole nitrogens is 1. The van der Waals surface area contributed by atoms with Crippen molar-refractivity contribution in [2.24, 2.45) is 0 Å². The summed E-state index contributed by atoms with van der Waals surface area (Å²) < 4.78 is 5.15. The van der Waals surface area contributed by atoms with Crippen LogP contribution in [0.4, 0.5) is 0 Å². The van der Waals surface area contributed by atoms with Crippen molar-refractivity contribution >= 4 is 5.91 Å². The highest BCUT2D eigenvalue weighted by molar-refractivity contribution is 5.94. The van der Waals surface area contributed by atoms with Crippen LogP contribution in [0.15, 0.2) is 39.7 Å². The number of aromatic nitrogens is 1. The number of aromatic amines is 1. The van der Waals surface area contributed by atoms with Gasteiger partial charge in [0.15, 0.2) is 0 Å². The number of amides is 1. The molecular formula is C13H14N2O4. The Bertz CT molecular complexity index is 616. The Hall–Kier alpha value is -2.34. The molecular weight excluding hydrogens is 248 g/mol. The van der Waals surface area contributed by atoms with Crippen molar-refractivity contribution in [2.75, 3.05) is 6.61 Å². The van der Waals surface area contributed by atoms with Crippen molar-refractivity contribution in [3.63, 3.8) is 0 Å². The summed E-state index contributed by atoms with van der Waals surface area (Å²) in [5.74, 6) is 0.00146. The Morgan fingerprint density at radius 3 is 2.84 bits per heavy atom. The average molecular weight is 262 g/mol. The van der Waals surface area contributed by atoms with Crippen LogP contribution in [0.2, 0.25) is 0 Å².